The van der Waals surface area contributed by atoms with Gasteiger partial charge in [0.05, 0.1) is 0 Å². The zero-order valence-electron chi connectivity index (χ0n) is 26.2. The minimum absolute atomic E-state index is 0.0411. The summed E-state index contributed by atoms with van der Waals surface area (Å²) in [6.45, 7) is 4.82. The summed E-state index contributed by atoms with van der Waals surface area (Å²) in [4.78, 5) is 35.8. The standard InChI is InChI=1S/C33H64N2O5/c1-3-5-7-8-9-10-11-12-13-14-15-16-17-21-27-32(37)40-29(23-6-4-2)24-19-18-20-26-31(36)35-30(33(38)39)25-22-28-34/h29-30H,3-28,34H2,1-2H3,(H,35,36)(H,38,39). The van der Waals surface area contributed by atoms with Gasteiger partial charge in [-0.3, -0.25) is 9.59 Å². The van der Waals surface area contributed by atoms with E-state index >= 15 is 0 Å². The number of aliphatic carboxylic acids is 1. The number of hydrogen-bond donors (Lipinski definition) is 3. The minimum Gasteiger partial charge on any atom is -0.480 e. The van der Waals surface area contributed by atoms with Crippen LogP contribution in [0, 0.1) is 0 Å². The zero-order chi connectivity index (χ0) is 29.7. The molecule has 0 spiro atoms. The molecular formula is C33H64N2O5. The molecule has 0 bridgehead atoms. The number of amides is 1. The van der Waals surface area contributed by atoms with Crippen LogP contribution in [0.2, 0.25) is 0 Å². The van der Waals surface area contributed by atoms with Crippen molar-refractivity contribution in [2.45, 2.75) is 187 Å². The maximum absolute atomic E-state index is 12.4. The first kappa shape index (κ1) is 38.4. The molecule has 0 saturated carbocycles. The number of nitrogens with two attached hydrogens (primary N) is 1. The van der Waals surface area contributed by atoms with E-state index in [9.17, 15) is 19.5 Å². The van der Waals surface area contributed by atoms with Crippen molar-refractivity contribution in [2.24, 2.45) is 5.73 Å². The second-order valence-corrected chi connectivity index (χ2v) is 11.6. The molecule has 0 heterocycles. The molecule has 0 saturated heterocycles. The highest BCUT2D eigenvalue weighted by molar-refractivity contribution is 5.83. The molecule has 1 amide bonds. The van der Waals surface area contributed by atoms with Gasteiger partial charge in [0.1, 0.15) is 12.1 Å². The Labute approximate surface area is 246 Å². The van der Waals surface area contributed by atoms with Gasteiger partial charge in [-0.2, -0.15) is 0 Å². The van der Waals surface area contributed by atoms with Crippen LogP contribution in [0.1, 0.15) is 174 Å². The molecule has 0 rings (SSSR count). The van der Waals surface area contributed by atoms with Gasteiger partial charge in [0.15, 0.2) is 0 Å². The molecule has 236 valence electrons. The lowest BCUT2D eigenvalue weighted by Crippen LogP contribution is -2.40. The Morgan fingerprint density at radius 1 is 0.625 bits per heavy atom. The summed E-state index contributed by atoms with van der Waals surface area (Å²) >= 11 is 0. The summed E-state index contributed by atoms with van der Waals surface area (Å²) in [5, 5.41) is 11.8. The van der Waals surface area contributed by atoms with E-state index in [0.717, 1.165) is 51.4 Å². The van der Waals surface area contributed by atoms with Crippen LogP contribution in [0.15, 0.2) is 0 Å². The van der Waals surface area contributed by atoms with Gasteiger partial charge < -0.3 is 20.9 Å². The lowest BCUT2D eigenvalue weighted by molar-refractivity contribution is -0.150. The van der Waals surface area contributed by atoms with E-state index < -0.39 is 12.0 Å². The van der Waals surface area contributed by atoms with Crippen molar-refractivity contribution in [3.8, 4) is 0 Å². The first-order chi connectivity index (χ1) is 19.4. The molecule has 0 radical (unpaired) electrons. The van der Waals surface area contributed by atoms with E-state index in [1.165, 1.54) is 77.0 Å². The number of rotatable bonds is 30. The minimum atomic E-state index is -1.02. The quantitative estimate of drug-likeness (QED) is 0.0593. The highest BCUT2D eigenvalue weighted by Crippen LogP contribution is 2.17. The van der Waals surface area contributed by atoms with Crippen LogP contribution in [-0.4, -0.2) is 41.6 Å². The third-order valence-corrected chi connectivity index (χ3v) is 7.67. The Bertz CT molecular complexity index is 614. The van der Waals surface area contributed by atoms with Crippen molar-refractivity contribution in [3.63, 3.8) is 0 Å². The third kappa shape index (κ3) is 25.3. The van der Waals surface area contributed by atoms with E-state index in [1.807, 2.05) is 0 Å². The van der Waals surface area contributed by atoms with E-state index in [2.05, 4.69) is 19.2 Å². The predicted octanol–water partition coefficient (Wildman–Crippen LogP) is 8.22. The Morgan fingerprint density at radius 3 is 1.62 bits per heavy atom. The molecule has 4 N–H and O–H groups in total. The van der Waals surface area contributed by atoms with Gasteiger partial charge in [-0.05, 0) is 51.5 Å². The zero-order valence-corrected chi connectivity index (χ0v) is 26.2. The SMILES string of the molecule is CCCCCCCCCCCCCCCCC(=O)OC(CCCC)CCCCCC(=O)NC(CCCN)C(=O)O. The number of carboxylic acid groups (broad SMARTS) is 1. The average Bonchev–Trinajstić information content (AvgIpc) is 2.93. The topological polar surface area (TPSA) is 119 Å². The number of nitrogens with one attached hydrogen (secondary N) is 1. The van der Waals surface area contributed by atoms with Crippen molar-refractivity contribution in [1.82, 2.24) is 5.32 Å². The van der Waals surface area contributed by atoms with Gasteiger partial charge in [0.25, 0.3) is 0 Å². The number of carboxylic acids is 1. The fourth-order valence-corrected chi connectivity index (χ4v) is 5.08. The van der Waals surface area contributed by atoms with Gasteiger partial charge >= 0.3 is 11.9 Å². The number of carbonyl (C=O) groups excluding carboxylic acids is 2. The molecule has 0 aromatic heterocycles. The highest BCUT2D eigenvalue weighted by Gasteiger charge is 2.19. The molecule has 0 fully saturated rings. The molecule has 2 atom stereocenters. The van der Waals surface area contributed by atoms with Crippen LogP contribution in [0.3, 0.4) is 0 Å². The maximum Gasteiger partial charge on any atom is 0.326 e. The second kappa shape index (κ2) is 28.9. The third-order valence-electron chi connectivity index (χ3n) is 7.67. The van der Waals surface area contributed by atoms with Crippen LogP contribution in [0.4, 0.5) is 0 Å². The summed E-state index contributed by atoms with van der Waals surface area (Å²) in [5.41, 5.74) is 5.44. The van der Waals surface area contributed by atoms with Crippen LogP contribution >= 0.6 is 0 Å². The van der Waals surface area contributed by atoms with Crippen LogP contribution in [-0.2, 0) is 19.1 Å². The van der Waals surface area contributed by atoms with Gasteiger partial charge in [0, 0.05) is 12.8 Å². The van der Waals surface area contributed by atoms with Crippen molar-refractivity contribution in [3.05, 3.63) is 0 Å². The molecule has 40 heavy (non-hydrogen) atoms. The Kier molecular flexibility index (Phi) is 27.7. The maximum atomic E-state index is 12.4. The molecule has 0 aromatic carbocycles. The number of esters is 1. The molecule has 0 aliphatic carbocycles. The number of hydrogen-bond acceptors (Lipinski definition) is 5. The number of unbranched alkanes of at least 4 members (excludes halogenated alkanes) is 16. The van der Waals surface area contributed by atoms with Crippen molar-refractivity contribution in [1.29, 1.82) is 0 Å². The lowest BCUT2D eigenvalue weighted by atomic mass is 10.0. The van der Waals surface area contributed by atoms with E-state index in [4.69, 9.17) is 10.5 Å². The Balaban J connectivity index is 3.90. The highest BCUT2D eigenvalue weighted by atomic mass is 16.5. The van der Waals surface area contributed by atoms with Crippen LogP contribution < -0.4 is 11.1 Å². The van der Waals surface area contributed by atoms with E-state index in [0.29, 0.717) is 38.6 Å². The number of carbonyl (C=O) groups is 3. The normalized spacial score (nSPS) is 12.7. The fourth-order valence-electron chi connectivity index (χ4n) is 5.08. The summed E-state index contributed by atoms with van der Waals surface area (Å²) < 4.78 is 5.82. The molecule has 0 aliphatic rings. The van der Waals surface area contributed by atoms with Crippen molar-refractivity contribution in [2.75, 3.05) is 6.54 Å². The lowest BCUT2D eigenvalue weighted by Gasteiger charge is -2.18. The van der Waals surface area contributed by atoms with Gasteiger partial charge in [-0.25, -0.2) is 4.79 Å². The summed E-state index contributed by atoms with van der Waals surface area (Å²) in [7, 11) is 0. The Morgan fingerprint density at radius 2 is 1.10 bits per heavy atom. The van der Waals surface area contributed by atoms with Crippen LogP contribution in [0.25, 0.3) is 0 Å². The van der Waals surface area contributed by atoms with Gasteiger partial charge in [0.2, 0.25) is 5.91 Å². The van der Waals surface area contributed by atoms with Crippen molar-refractivity contribution >= 4 is 17.8 Å². The van der Waals surface area contributed by atoms with E-state index in [-0.39, 0.29) is 18.0 Å². The average molecular weight is 569 g/mol. The smallest absolute Gasteiger partial charge is 0.326 e. The molecular weight excluding hydrogens is 504 g/mol. The summed E-state index contributed by atoms with van der Waals surface area (Å²) in [6, 6.07) is -0.867. The number of ether oxygens (including phenoxy) is 1. The molecule has 7 heteroatoms. The first-order valence-electron chi connectivity index (χ1n) is 16.9. The van der Waals surface area contributed by atoms with E-state index in [1.54, 1.807) is 0 Å². The van der Waals surface area contributed by atoms with Gasteiger partial charge in [-0.15, -0.1) is 0 Å². The monoisotopic (exact) mass is 568 g/mol. The largest absolute Gasteiger partial charge is 0.480 e. The van der Waals surface area contributed by atoms with Crippen LogP contribution in [0.5, 0.6) is 0 Å². The summed E-state index contributed by atoms with van der Waals surface area (Å²) in [5.74, 6) is -1.32. The summed E-state index contributed by atoms with van der Waals surface area (Å²) in [6.07, 6.45) is 26.2. The van der Waals surface area contributed by atoms with Gasteiger partial charge in [-0.1, -0.05) is 117 Å². The first-order valence-corrected chi connectivity index (χ1v) is 16.9. The molecule has 2 unspecified atom stereocenters. The molecule has 0 aromatic rings. The molecule has 0 aliphatic heterocycles. The second-order valence-electron chi connectivity index (χ2n) is 11.6. The fraction of sp³-hybridized carbons (Fsp3) is 0.909. The van der Waals surface area contributed by atoms with Crippen molar-refractivity contribution < 1.29 is 24.2 Å². The molecule has 7 nitrogen and oxygen atoms in total. The predicted molar refractivity (Wildman–Crippen MR) is 165 cm³/mol. The Hall–Kier alpha value is -1.63.